The summed E-state index contributed by atoms with van der Waals surface area (Å²) < 4.78 is 6.35. The Balaban J connectivity index is 2.16. The van der Waals surface area contributed by atoms with Crippen molar-refractivity contribution in [3.05, 3.63) is 40.1 Å². The highest BCUT2D eigenvalue weighted by Gasteiger charge is 2.15. The van der Waals surface area contributed by atoms with Gasteiger partial charge in [0.15, 0.2) is 5.76 Å². The zero-order valence-corrected chi connectivity index (χ0v) is 12.1. The molecular weight excluding hydrogens is 274 g/mol. The Kier molecular flexibility index (Phi) is 4.11. The number of hydrogen-bond donors (Lipinski definition) is 2. The van der Waals surface area contributed by atoms with Crippen LogP contribution in [-0.4, -0.2) is 20.7 Å². The van der Waals surface area contributed by atoms with Gasteiger partial charge in [-0.15, -0.1) is 0 Å². The van der Waals surface area contributed by atoms with Crippen molar-refractivity contribution in [1.29, 1.82) is 0 Å². The number of pyridine rings is 1. The van der Waals surface area contributed by atoms with Crippen molar-refractivity contribution < 1.29 is 14.4 Å². The summed E-state index contributed by atoms with van der Waals surface area (Å²) in [6.07, 6.45) is 1.43. The highest BCUT2D eigenvalue weighted by molar-refractivity contribution is 5.91. The third-order valence-corrected chi connectivity index (χ3v) is 3.02. The number of nitrogens with zero attached hydrogens (tertiary/aromatic N) is 2. The van der Waals surface area contributed by atoms with Gasteiger partial charge < -0.3 is 19.5 Å². The van der Waals surface area contributed by atoms with E-state index in [4.69, 9.17) is 4.52 Å². The summed E-state index contributed by atoms with van der Waals surface area (Å²) in [6.45, 7) is 5.34. The van der Waals surface area contributed by atoms with Crippen LogP contribution in [-0.2, 0) is 11.3 Å². The van der Waals surface area contributed by atoms with Crippen LogP contribution in [0.15, 0.2) is 27.6 Å². The van der Waals surface area contributed by atoms with Gasteiger partial charge in [0.25, 0.3) is 5.56 Å². The molecule has 0 atom stereocenters. The molecule has 0 aromatic carbocycles. The first kappa shape index (κ1) is 14.8. The van der Waals surface area contributed by atoms with Gasteiger partial charge in [-0.1, -0.05) is 19.0 Å². The molecule has 0 aliphatic carbocycles. The molecule has 2 aromatic heterocycles. The summed E-state index contributed by atoms with van der Waals surface area (Å²) in [6, 6.07) is 2.49. The van der Waals surface area contributed by atoms with E-state index in [0.29, 0.717) is 17.1 Å². The Morgan fingerprint density at radius 3 is 2.81 bits per heavy atom. The first-order valence-electron chi connectivity index (χ1n) is 6.53. The molecule has 112 valence electrons. The van der Waals surface area contributed by atoms with E-state index in [1.807, 2.05) is 13.8 Å². The summed E-state index contributed by atoms with van der Waals surface area (Å²) in [5, 5.41) is 15.7. The zero-order chi connectivity index (χ0) is 15.6. The van der Waals surface area contributed by atoms with Crippen LogP contribution in [0.5, 0.6) is 5.75 Å². The van der Waals surface area contributed by atoms with Crippen LogP contribution in [0.3, 0.4) is 0 Å². The molecule has 2 aromatic rings. The van der Waals surface area contributed by atoms with Gasteiger partial charge >= 0.3 is 0 Å². The molecular formula is C14H17N3O4. The first-order chi connectivity index (χ1) is 9.88. The van der Waals surface area contributed by atoms with Crippen LogP contribution in [0, 0.1) is 6.92 Å². The highest BCUT2D eigenvalue weighted by Crippen LogP contribution is 2.23. The van der Waals surface area contributed by atoms with Crippen molar-refractivity contribution >= 4 is 11.6 Å². The molecule has 0 saturated heterocycles. The molecule has 0 aliphatic heterocycles. The second-order valence-corrected chi connectivity index (χ2v) is 5.09. The molecule has 0 radical (unpaired) electrons. The predicted octanol–water partition coefficient (Wildman–Crippen LogP) is 1.61. The third kappa shape index (κ3) is 3.31. The number of amides is 1. The Morgan fingerprint density at radius 1 is 1.48 bits per heavy atom. The number of hydrogen-bond acceptors (Lipinski definition) is 5. The number of carbonyl (C=O) groups excluding carboxylic acids is 1. The minimum atomic E-state index is -0.433. The fourth-order valence-electron chi connectivity index (χ4n) is 2.01. The number of aryl methyl sites for hydroxylation is 1. The number of rotatable bonds is 4. The molecule has 0 saturated carbocycles. The molecule has 0 spiro atoms. The number of anilines is 1. The van der Waals surface area contributed by atoms with Crippen molar-refractivity contribution in [1.82, 2.24) is 9.72 Å². The summed E-state index contributed by atoms with van der Waals surface area (Å²) >= 11 is 0. The number of carbonyl (C=O) groups is 1. The Labute approximate surface area is 121 Å². The van der Waals surface area contributed by atoms with Crippen LogP contribution >= 0.6 is 0 Å². The van der Waals surface area contributed by atoms with Crippen LogP contribution < -0.4 is 10.9 Å². The average Bonchev–Trinajstić information content (AvgIpc) is 2.82. The molecule has 7 nitrogen and oxygen atoms in total. The lowest BCUT2D eigenvalue weighted by molar-refractivity contribution is -0.116. The smallest absolute Gasteiger partial charge is 0.254 e. The van der Waals surface area contributed by atoms with E-state index in [1.54, 1.807) is 6.92 Å². The van der Waals surface area contributed by atoms with E-state index in [-0.39, 0.29) is 24.1 Å². The summed E-state index contributed by atoms with van der Waals surface area (Å²) in [7, 11) is 0. The largest absolute Gasteiger partial charge is 0.508 e. The molecule has 2 heterocycles. The van der Waals surface area contributed by atoms with Gasteiger partial charge in [0.05, 0.1) is 6.20 Å². The normalized spacial score (nSPS) is 10.9. The lowest BCUT2D eigenvalue weighted by atomic mass is 10.1. The predicted molar refractivity (Wildman–Crippen MR) is 76.3 cm³/mol. The maximum absolute atomic E-state index is 12.0. The summed E-state index contributed by atoms with van der Waals surface area (Å²) in [5.41, 5.74) is 0.570. The molecule has 0 unspecified atom stereocenters. The second kappa shape index (κ2) is 5.82. The van der Waals surface area contributed by atoms with Gasteiger partial charge in [-0.25, -0.2) is 0 Å². The van der Waals surface area contributed by atoms with Crippen LogP contribution in [0.2, 0.25) is 0 Å². The molecule has 2 N–H and O–H groups in total. The van der Waals surface area contributed by atoms with Gasteiger partial charge in [0.1, 0.15) is 18.0 Å². The molecule has 21 heavy (non-hydrogen) atoms. The van der Waals surface area contributed by atoms with Crippen molar-refractivity contribution in [3.8, 4) is 5.75 Å². The standard InChI is InChI=1S/C14H17N3O4/c1-8(2)14-11(6-15-21-14)16-12(19)7-17-9(3)4-10(18)5-13(17)20/h4-6,8,18H,7H2,1-3H3,(H,16,19). The average molecular weight is 291 g/mol. The van der Waals surface area contributed by atoms with Crippen molar-refractivity contribution in [3.63, 3.8) is 0 Å². The van der Waals surface area contributed by atoms with Crippen LogP contribution in [0.1, 0.15) is 31.2 Å². The molecule has 0 bridgehead atoms. The van der Waals surface area contributed by atoms with Crippen LogP contribution in [0.4, 0.5) is 5.69 Å². The minimum absolute atomic E-state index is 0.0842. The second-order valence-electron chi connectivity index (χ2n) is 5.09. The summed E-state index contributed by atoms with van der Waals surface area (Å²) in [5.74, 6) is 0.185. The number of aromatic nitrogens is 2. The van der Waals surface area contributed by atoms with E-state index < -0.39 is 5.56 Å². The number of nitrogens with one attached hydrogen (secondary N) is 1. The highest BCUT2D eigenvalue weighted by atomic mass is 16.5. The van der Waals surface area contributed by atoms with E-state index >= 15 is 0 Å². The maximum atomic E-state index is 12.0. The fraction of sp³-hybridized carbons (Fsp3) is 0.357. The van der Waals surface area contributed by atoms with Gasteiger partial charge in [0, 0.05) is 17.7 Å². The van der Waals surface area contributed by atoms with E-state index in [2.05, 4.69) is 10.5 Å². The lowest BCUT2D eigenvalue weighted by Gasteiger charge is -2.10. The molecule has 0 fully saturated rings. The molecule has 7 heteroatoms. The number of aromatic hydroxyl groups is 1. The van der Waals surface area contributed by atoms with Crippen molar-refractivity contribution in [2.75, 3.05) is 5.32 Å². The minimum Gasteiger partial charge on any atom is -0.508 e. The van der Waals surface area contributed by atoms with Gasteiger partial charge in [-0.3, -0.25) is 9.59 Å². The molecule has 1 amide bonds. The Bertz CT molecular complexity index is 715. The quantitative estimate of drug-likeness (QED) is 0.892. The fourth-order valence-corrected chi connectivity index (χ4v) is 2.01. The third-order valence-electron chi connectivity index (χ3n) is 3.02. The van der Waals surface area contributed by atoms with Crippen LogP contribution in [0.25, 0.3) is 0 Å². The maximum Gasteiger partial charge on any atom is 0.254 e. The summed E-state index contributed by atoms with van der Waals surface area (Å²) in [4.78, 5) is 23.8. The lowest BCUT2D eigenvalue weighted by Crippen LogP contribution is -2.28. The SMILES string of the molecule is Cc1cc(O)cc(=O)n1CC(=O)Nc1cnoc1C(C)C. The van der Waals surface area contributed by atoms with Gasteiger partial charge in [-0.05, 0) is 13.0 Å². The first-order valence-corrected chi connectivity index (χ1v) is 6.53. The van der Waals surface area contributed by atoms with Gasteiger partial charge in [-0.2, -0.15) is 0 Å². The van der Waals surface area contributed by atoms with Gasteiger partial charge in [0.2, 0.25) is 5.91 Å². The van der Waals surface area contributed by atoms with E-state index in [1.165, 1.54) is 16.8 Å². The Morgan fingerprint density at radius 2 is 2.19 bits per heavy atom. The topological polar surface area (TPSA) is 97.4 Å². The molecule has 0 aliphatic rings. The van der Waals surface area contributed by atoms with E-state index in [9.17, 15) is 14.7 Å². The Hall–Kier alpha value is -2.57. The zero-order valence-electron chi connectivity index (χ0n) is 12.1. The van der Waals surface area contributed by atoms with Crippen molar-refractivity contribution in [2.45, 2.75) is 33.2 Å². The molecule has 2 rings (SSSR count). The monoisotopic (exact) mass is 291 g/mol. The van der Waals surface area contributed by atoms with Crippen molar-refractivity contribution in [2.24, 2.45) is 0 Å². The van der Waals surface area contributed by atoms with E-state index in [0.717, 1.165) is 6.07 Å².